The molecule has 2 heterocycles. The Bertz CT molecular complexity index is 818. The summed E-state index contributed by atoms with van der Waals surface area (Å²) >= 11 is 0. The fraction of sp³-hybridized carbons (Fsp3) is 0.630. The number of carbonyl (C=O) groups is 2. The number of imide groups is 1. The van der Waals surface area contributed by atoms with Crippen molar-refractivity contribution in [2.45, 2.75) is 66.7 Å². The topological polar surface area (TPSA) is 49.9 Å². The highest BCUT2D eigenvalue weighted by atomic mass is 16.5. The van der Waals surface area contributed by atoms with Crippen LogP contribution in [0.1, 0.15) is 72.3 Å². The van der Waals surface area contributed by atoms with E-state index in [1.165, 1.54) is 4.90 Å². The van der Waals surface area contributed by atoms with Gasteiger partial charge in [0.05, 0.1) is 12.2 Å². The van der Waals surface area contributed by atoms with Gasteiger partial charge in [-0.15, -0.1) is 0 Å². The lowest BCUT2D eigenvalue weighted by atomic mass is 9.91. The van der Waals surface area contributed by atoms with Gasteiger partial charge in [0.15, 0.2) is 0 Å². The maximum Gasteiger partial charge on any atom is 0.277 e. The van der Waals surface area contributed by atoms with Crippen molar-refractivity contribution in [2.24, 2.45) is 17.8 Å². The third kappa shape index (κ3) is 5.73. The van der Waals surface area contributed by atoms with E-state index < -0.39 is 0 Å². The zero-order valence-corrected chi connectivity index (χ0v) is 20.5. The zero-order valence-electron chi connectivity index (χ0n) is 20.5. The fourth-order valence-electron chi connectivity index (χ4n) is 4.84. The Morgan fingerprint density at radius 2 is 1.62 bits per heavy atom. The number of unbranched alkanes of at least 4 members (excludes halogenated alkanes) is 3. The molecule has 0 radical (unpaired) electrons. The molecule has 0 aromatic heterocycles. The molecule has 0 saturated carbocycles. The number of benzene rings is 1. The standard InChI is InChI=1S/C27H40N2O3/c1-6-7-8-9-14-29-26(30)24(22-10-12-23(13-11-22)32-18-19(2)3)25(27(29)31)28-16-20(4)15-21(5)17-28/h10-13,19-21H,6-9,14-18H2,1-5H3. The molecule has 0 bridgehead atoms. The molecule has 2 atom stereocenters. The third-order valence-corrected chi connectivity index (χ3v) is 6.29. The Morgan fingerprint density at radius 1 is 0.969 bits per heavy atom. The van der Waals surface area contributed by atoms with Crippen molar-refractivity contribution in [1.29, 1.82) is 0 Å². The minimum absolute atomic E-state index is 0.122. The van der Waals surface area contributed by atoms with Gasteiger partial charge < -0.3 is 9.64 Å². The van der Waals surface area contributed by atoms with Crippen molar-refractivity contribution in [3.05, 3.63) is 35.5 Å². The van der Waals surface area contributed by atoms with Crippen LogP contribution in [0.15, 0.2) is 30.0 Å². The monoisotopic (exact) mass is 440 g/mol. The van der Waals surface area contributed by atoms with Crippen LogP contribution in [-0.4, -0.2) is 47.9 Å². The second-order valence-electron chi connectivity index (χ2n) is 10.1. The quantitative estimate of drug-likeness (QED) is 0.363. The van der Waals surface area contributed by atoms with Crippen LogP contribution in [0.4, 0.5) is 0 Å². The highest BCUT2D eigenvalue weighted by Gasteiger charge is 2.42. The summed E-state index contributed by atoms with van der Waals surface area (Å²) < 4.78 is 5.81. The minimum atomic E-state index is -0.150. The molecular formula is C27H40N2O3. The Balaban J connectivity index is 1.90. The number of carbonyl (C=O) groups excluding carboxylic acids is 2. The Hall–Kier alpha value is -2.30. The van der Waals surface area contributed by atoms with E-state index in [2.05, 4.69) is 39.5 Å². The summed E-state index contributed by atoms with van der Waals surface area (Å²) in [5.74, 6) is 1.97. The van der Waals surface area contributed by atoms with Crippen molar-refractivity contribution in [3.63, 3.8) is 0 Å². The lowest BCUT2D eigenvalue weighted by Crippen LogP contribution is -2.42. The average Bonchev–Trinajstić information content (AvgIpc) is 2.99. The van der Waals surface area contributed by atoms with E-state index in [1.807, 2.05) is 24.3 Å². The van der Waals surface area contributed by atoms with Crippen molar-refractivity contribution >= 4 is 17.4 Å². The highest BCUT2D eigenvalue weighted by Crippen LogP contribution is 2.35. The first-order chi connectivity index (χ1) is 15.3. The van der Waals surface area contributed by atoms with Gasteiger partial charge >= 0.3 is 0 Å². The Morgan fingerprint density at radius 3 is 2.22 bits per heavy atom. The SMILES string of the molecule is CCCCCCN1C(=O)C(c2ccc(OCC(C)C)cc2)=C(N2CC(C)CC(C)C2)C1=O. The maximum absolute atomic E-state index is 13.5. The maximum atomic E-state index is 13.5. The Labute approximate surface area is 193 Å². The van der Waals surface area contributed by atoms with Gasteiger partial charge in [-0.25, -0.2) is 0 Å². The molecule has 1 saturated heterocycles. The van der Waals surface area contributed by atoms with Crippen molar-refractivity contribution in [1.82, 2.24) is 9.80 Å². The predicted octanol–water partition coefficient (Wildman–Crippen LogP) is 5.36. The second kappa shape index (κ2) is 11.0. The van der Waals surface area contributed by atoms with E-state index >= 15 is 0 Å². The first-order valence-electron chi connectivity index (χ1n) is 12.4. The third-order valence-electron chi connectivity index (χ3n) is 6.29. The molecule has 1 aromatic carbocycles. The summed E-state index contributed by atoms with van der Waals surface area (Å²) in [7, 11) is 0. The van der Waals surface area contributed by atoms with Gasteiger partial charge in [0.2, 0.25) is 0 Å². The molecule has 3 rings (SSSR count). The van der Waals surface area contributed by atoms with Gasteiger partial charge in [-0.2, -0.15) is 0 Å². The zero-order chi connectivity index (χ0) is 23.3. The summed E-state index contributed by atoms with van der Waals surface area (Å²) in [6.45, 7) is 13.6. The molecule has 0 aliphatic carbocycles. The molecule has 5 nitrogen and oxygen atoms in total. The van der Waals surface area contributed by atoms with Crippen molar-refractivity contribution in [2.75, 3.05) is 26.2 Å². The molecule has 176 valence electrons. The summed E-state index contributed by atoms with van der Waals surface area (Å²) in [5, 5.41) is 0. The van der Waals surface area contributed by atoms with Crippen LogP contribution in [0.2, 0.25) is 0 Å². The Kier molecular flexibility index (Phi) is 8.38. The van der Waals surface area contributed by atoms with Gasteiger partial charge in [0, 0.05) is 19.6 Å². The minimum Gasteiger partial charge on any atom is -0.493 e. The molecular weight excluding hydrogens is 400 g/mol. The molecule has 5 heteroatoms. The van der Waals surface area contributed by atoms with E-state index in [0.29, 0.717) is 42.2 Å². The number of piperidine rings is 1. The number of ether oxygens (including phenoxy) is 1. The molecule has 0 N–H and O–H groups in total. The van der Waals surface area contributed by atoms with E-state index in [0.717, 1.165) is 56.5 Å². The van der Waals surface area contributed by atoms with E-state index in [4.69, 9.17) is 4.74 Å². The van der Waals surface area contributed by atoms with Gasteiger partial charge in [-0.3, -0.25) is 14.5 Å². The number of amides is 2. The predicted molar refractivity (Wildman–Crippen MR) is 129 cm³/mol. The van der Waals surface area contributed by atoms with Crippen molar-refractivity contribution in [3.8, 4) is 5.75 Å². The smallest absolute Gasteiger partial charge is 0.277 e. The van der Waals surface area contributed by atoms with E-state index in [1.54, 1.807) is 0 Å². The van der Waals surface area contributed by atoms with E-state index in [9.17, 15) is 9.59 Å². The first kappa shape index (κ1) is 24.3. The van der Waals surface area contributed by atoms with Crippen LogP contribution < -0.4 is 4.74 Å². The number of nitrogens with zero attached hydrogens (tertiary/aromatic N) is 2. The number of hydrogen-bond acceptors (Lipinski definition) is 4. The largest absolute Gasteiger partial charge is 0.493 e. The average molecular weight is 441 g/mol. The molecule has 1 aromatic rings. The van der Waals surface area contributed by atoms with Crippen LogP contribution in [0, 0.1) is 17.8 Å². The van der Waals surface area contributed by atoms with Crippen LogP contribution >= 0.6 is 0 Å². The van der Waals surface area contributed by atoms with Gasteiger partial charge in [-0.1, -0.05) is 66.0 Å². The highest BCUT2D eigenvalue weighted by molar-refractivity contribution is 6.35. The van der Waals surface area contributed by atoms with Crippen LogP contribution in [0.3, 0.4) is 0 Å². The normalized spacial score (nSPS) is 21.8. The molecule has 2 aliphatic rings. The molecule has 2 aliphatic heterocycles. The lowest BCUT2D eigenvalue weighted by molar-refractivity contribution is -0.137. The van der Waals surface area contributed by atoms with Crippen LogP contribution in [0.25, 0.3) is 5.57 Å². The molecule has 32 heavy (non-hydrogen) atoms. The summed E-state index contributed by atoms with van der Waals surface area (Å²) in [5.41, 5.74) is 1.96. The van der Waals surface area contributed by atoms with Gasteiger partial charge in [0.1, 0.15) is 11.4 Å². The van der Waals surface area contributed by atoms with E-state index in [-0.39, 0.29) is 11.8 Å². The summed E-state index contributed by atoms with van der Waals surface area (Å²) in [6, 6.07) is 7.66. The van der Waals surface area contributed by atoms with Gasteiger partial charge in [0.25, 0.3) is 11.8 Å². The first-order valence-corrected chi connectivity index (χ1v) is 12.4. The van der Waals surface area contributed by atoms with Gasteiger partial charge in [-0.05, 0) is 48.3 Å². The molecule has 0 spiro atoms. The number of likely N-dealkylation sites (tertiary alicyclic amines) is 1. The summed E-state index contributed by atoms with van der Waals surface area (Å²) in [6.07, 6.45) is 5.32. The summed E-state index contributed by atoms with van der Waals surface area (Å²) in [4.78, 5) is 30.6. The number of rotatable bonds is 10. The van der Waals surface area contributed by atoms with Crippen LogP contribution in [-0.2, 0) is 9.59 Å². The molecule has 1 fully saturated rings. The molecule has 2 unspecified atom stereocenters. The number of hydrogen-bond donors (Lipinski definition) is 0. The fourth-order valence-corrected chi connectivity index (χ4v) is 4.84. The lowest BCUT2D eigenvalue weighted by Gasteiger charge is -2.37. The molecule has 2 amide bonds. The van der Waals surface area contributed by atoms with Crippen molar-refractivity contribution < 1.29 is 14.3 Å². The van der Waals surface area contributed by atoms with Crippen LogP contribution in [0.5, 0.6) is 5.75 Å². The second-order valence-corrected chi connectivity index (χ2v) is 10.1.